The van der Waals surface area contributed by atoms with Crippen LogP contribution in [0.25, 0.3) is 0 Å². The maximum Gasteiger partial charge on any atom is 0.0253 e. The minimum atomic E-state index is -0.242. The molecule has 0 rings (SSSR count). The third-order valence-corrected chi connectivity index (χ3v) is 1.58. The van der Waals surface area contributed by atoms with E-state index in [1.807, 2.05) is 13.8 Å². The molecule has 2 heteroatoms. The second-order valence-electron chi connectivity index (χ2n) is 3.59. The second kappa shape index (κ2) is 2.67. The van der Waals surface area contributed by atoms with Gasteiger partial charge in [0, 0.05) is 11.6 Å². The lowest BCUT2D eigenvalue weighted by molar-refractivity contribution is 0.331. The van der Waals surface area contributed by atoms with Crippen molar-refractivity contribution in [2.75, 3.05) is 0 Å². The maximum absolute atomic E-state index is 5.77. The van der Waals surface area contributed by atoms with Gasteiger partial charge in [0.15, 0.2) is 0 Å². The van der Waals surface area contributed by atoms with Crippen molar-refractivity contribution in [2.45, 2.75) is 39.3 Å². The van der Waals surface area contributed by atoms with E-state index in [9.17, 15) is 0 Å². The van der Waals surface area contributed by atoms with Gasteiger partial charge in [-0.3, -0.25) is 0 Å². The first-order chi connectivity index (χ1) is 3.85. The highest BCUT2D eigenvalue weighted by atomic mass is 14.8. The van der Waals surface area contributed by atoms with Gasteiger partial charge in [-0.2, -0.15) is 0 Å². The van der Waals surface area contributed by atoms with Crippen molar-refractivity contribution in [1.82, 2.24) is 0 Å². The molecule has 0 fully saturated rings. The largest absolute Gasteiger partial charge is 0.326 e. The van der Waals surface area contributed by atoms with Crippen LogP contribution in [0.2, 0.25) is 0 Å². The molecule has 0 bridgehead atoms. The van der Waals surface area contributed by atoms with Crippen LogP contribution in [0.3, 0.4) is 0 Å². The number of hydrogen-bond donors (Lipinski definition) is 2. The van der Waals surface area contributed by atoms with Crippen LogP contribution in [0, 0.1) is 5.92 Å². The summed E-state index contributed by atoms with van der Waals surface area (Å²) >= 11 is 0. The van der Waals surface area contributed by atoms with E-state index < -0.39 is 0 Å². The minimum Gasteiger partial charge on any atom is -0.326 e. The number of rotatable bonds is 2. The fourth-order valence-corrected chi connectivity index (χ4v) is 0.859. The number of nitrogens with two attached hydrogens (primary N) is 2. The molecule has 0 aromatic rings. The zero-order valence-corrected chi connectivity index (χ0v) is 6.81. The van der Waals surface area contributed by atoms with Gasteiger partial charge >= 0.3 is 0 Å². The van der Waals surface area contributed by atoms with Crippen LogP contribution in [0.4, 0.5) is 0 Å². The summed E-state index contributed by atoms with van der Waals surface area (Å²) in [7, 11) is 0. The first-order valence-corrected chi connectivity index (χ1v) is 3.40. The van der Waals surface area contributed by atoms with E-state index in [2.05, 4.69) is 13.8 Å². The Balaban J connectivity index is 3.88. The molecular formula is C7H18N2. The zero-order chi connectivity index (χ0) is 7.65. The van der Waals surface area contributed by atoms with E-state index >= 15 is 0 Å². The van der Waals surface area contributed by atoms with E-state index in [-0.39, 0.29) is 11.6 Å². The van der Waals surface area contributed by atoms with Crippen LogP contribution < -0.4 is 11.5 Å². The van der Waals surface area contributed by atoms with E-state index in [0.717, 1.165) is 0 Å². The van der Waals surface area contributed by atoms with Crippen molar-refractivity contribution in [3.63, 3.8) is 0 Å². The molecule has 1 unspecified atom stereocenters. The van der Waals surface area contributed by atoms with Crippen LogP contribution in [0.1, 0.15) is 27.7 Å². The topological polar surface area (TPSA) is 52.0 Å². The van der Waals surface area contributed by atoms with Crippen molar-refractivity contribution >= 4 is 0 Å². The van der Waals surface area contributed by atoms with Gasteiger partial charge in [0.25, 0.3) is 0 Å². The van der Waals surface area contributed by atoms with Gasteiger partial charge in [-0.1, -0.05) is 13.8 Å². The maximum atomic E-state index is 5.77. The summed E-state index contributed by atoms with van der Waals surface area (Å²) in [6, 6.07) is 0.0949. The third kappa shape index (κ3) is 2.82. The molecule has 0 aromatic carbocycles. The summed E-state index contributed by atoms with van der Waals surface area (Å²) in [4.78, 5) is 0. The highest BCUT2D eigenvalue weighted by Crippen LogP contribution is 2.10. The van der Waals surface area contributed by atoms with Crippen LogP contribution in [0.5, 0.6) is 0 Å². The Morgan fingerprint density at radius 2 is 1.56 bits per heavy atom. The Labute approximate surface area is 57.6 Å². The van der Waals surface area contributed by atoms with Crippen LogP contribution >= 0.6 is 0 Å². The normalized spacial score (nSPS) is 16.3. The molecule has 9 heavy (non-hydrogen) atoms. The van der Waals surface area contributed by atoms with Gasteiger partial charge in [-0.05, 0) is 19.8 Å². The predicted octanol–water partition coefficient (Wildman–Crippen LogP) is 0.707. The predicted molar refractivity (Wildman–Crippen MR) is 41.1 cm³/mol. The molecule has 0 amide bonds. The standard InChI is InChI=1S/C7H18N2/c1-5(2)6(8)7(3,4)9/h5-6H,8-9H2,1-4H3. The molecule has 0 heterocycles. The van der Waals surface area contributed by atoms with Gasteiger partial charge in [-0.15, -0.1) is 0 Å². The highest BCUT2D eigenvalue weighted by molar-refractivity contribution is 4.87. The van der Waals surface area contributed by atoms with Gasteiger partial charge in [0.2, 0.25) is 0 Å². The van der Waals surface area contributed by atoms with Crippen molar-refractivity contribution in [3.8, 4) is 0 Å². The smallest absolute Gasteiger partial charge is 0.0253 e. The molecular weight excluding hydrogens is 112 g/mol. The first-order valence-electron chi connectivity index (χ1n) is 3.40. The summed E-state index contributed by atoms with van der Waals surface area (Å²) < 4.78 is 0. The van der Waals surface area contributed by atoms with E-state index in [1.54, 1.807) is 0 Å². The summed E-state index contributed by atoms with van der Waals surface area (Å²) in [5.41, 5.74) is 11.3. The van der Waals surface area contributed by atoms with E-state index in [1.165, 1.54) is 0 Å². The van der Waals surface area contributed by atoms with Gasteiger partial charge in [0.1, 0.15) is 0 Å². The molecule has 56 valence electrons. The first kappa shape index (κ1) is 8.92. The van der Waals surface area contributed by atoms with Crippen molar-refractivity contribution in [3.05, 3.63) is 0 Å². The van der Waals surface area contributed by atoms with Crippen molar-refractivity contribution < 1.29 is 0 Å². The van der Waals surface area contributed by atoms with Gasteiger partial charge in [0.05, 0.1) is 0 Å². The third-order valence-electron chi connectivity index (χ3n) is 1.58. The molecule has 4 N–H and O–H groups in total. The lowest BCUT2D eigenvalue weighted by Gasteiger charge is -2.29. The van der Waals surface area contributed by atoms with Crippen LogP contribution in [-0.2, 0) is 0 Å². The fourth-order valence-electron chi connectivity index (χ4n) is 0.859. The molecule has 0 spiro atoms. The minimum absolute atomic E-state index is 0.0949. The molecule has 0 aliphatic carbocycles. The molecule has 0 saturated carbocycles. The monoisotopic (exact) mass is 130 g/mol. The Kier molecular flexibility index (Phi) is 2.65. The Bertz CT molecular complexity index is 81.4. The van der Waals surface area contributed by atoms with Crippen LogP contribution in [-0.4, -0.2) is 11.6 Å². The number of hydrogen-bond acceptors (Lipinski definition) is 2. The van der Waals surface area contributed by atoms with Gasteiger partial charge < -0.3 is 11.5 Å². The molecule has 0 saturated heterocycles. The lowest BCUT2D eigenvalue weighted by Crippen LogP contribution is -2.53. The Morgan fingerprint density at radius 3 is 1.56 bits per heavy atom. The van der Waals surface area contributed by atoms with Crippen LogP contribution in [0.15, 0.2) is 0 Å². The highest BCUT2D eigenvalue weighted by Gasteiger charge is 2.23. The summed E-state index contributed by atoms with van der Waals surface area (Å²) in [5.74, 6) is 0.463. The van der Waals surface area contributed by atoms with Crippen molar-refractivity contribution in [1.29, 1.82) is 0 Å². The Morgan fingerprint density at radius 1 is 1.22 bits per heavy atom. The lowest BCUT2D eigenvalue weighted by atomic mass is 9.88. The van der Waals surface area contributed by atoms with E-state index in [4.69, 9.17) is 11.5 Å². The summed E-state index contributed by atoms with van der Waals surface area (Å²) in [6.07, 6.45) is 0. The average molecular weight is 130 g/mol. The molecule has 0 aliphatic rings. The molecule has 1 atom stereocenters. The fraction of sp³-hybridized carbons (Fsp3) is 1.00. The average Bonchev–Trinajstić information content (AvgIpc) is 1.62. The van der Waals surface area contributed by atoms with Crippen molar-refractivity contribution in [2.24, 2.45) is 17.4 Å². The summed E-state index contributed by atoms with van der Waals surface area (Å²) in [6.45, 7) is 8.08. The SMILES string of the molecule is CC(C)C(N)C(C)(C)N. The summed E-state index contributed by atoms with van der Waals surface area (Å²) in [5, 5.41) is 0. The van der Waals surface area contributed by atoms with E-state index in [0.29, 0.717) is 5.92 Å². The molecule has 0 radical (unpaired) electrons. The molecule has 2 nitrogen and oxygen atoms in total. The molecule has 0 aromatic heterocycles. The Hall–Kier alpha value is -0.0800. The molecule has 0 aliphatic heterocycles. The quantitative estimate of drug-likeness (QED) is 0.578. The zero-order valence-electron chi connectivity index (χ0n) is 6.81. The van der Waals surface area contributed by atoms with Gasteiger partial charge in [-0.25, -0.2) is 0 Å². The second-order valence-corrected chi connectivity index (χ2v) is 3.59.